The van der Waals surface area contributed by atoms with Gasteiger partial charge in [-0.25, -0.2) is 4.98 Å². The van der Waals surface area contributed by atoms with Gasteiger partial charge in [0.1, 0.15) is 10.6 Å². The maximum atomic E-state index is 12.2. The molecule has 0 fully saturated rings. The van der Waals surface area contributed by atoms with Crippen LogP contribution < -0.4 is 5.32 Å². The third-order valence-electron chi connectivity index (χ3n) is 2.77. The second kappa shape index (κ2) is 6.07. The number of aromatic nitrogens is 1. The van der Waals surface area contributed by atoms with Gasteiger partial charge in [-0.3, -0.25) is 14.9 Å². The second-order valence-corrected chi connectivity index (χ2v) is 4.91. The minimum absolute atomic E-state index is 0.105. The Labute approximate surface area is 129 Å². The van der Waals surface area contributed by atoms with Gasteiger partial charge in [0.15, 0.2) is 5.15 Å². The monoisotopic (exact) mass is 325 g/mol. The number of hydrogen-bond acceptors (Lipinski definition) is 4. The molecule has 1 aromatic heterocycles. The molecule has 1 N–H and O–H groups in total. The summed E-state index contributed by atoms with van der Waals surface area (Å²) in [4.78, 5) is 26.4. The van der Waals surface area contributed by atoms with Crippen molar-refractivity contribution in [3.63, 3.8) is 0 Å². The van der Waals surface area contributed by atoms with Crippen molar-refractivity contribution < 1.29 is 9.72 Å². The Morgan fingerprint density at radius 3 is 2.67 bits per heavy atom. The first-order chi connectivity index (χ1) is 9.91. The summed E-state index contributed by atoms with van der Waals surface area (Å²) in [6.07, 6.45) is 1.50. The number of amides is 1. The number of carbonyl (C=O) groups is 1. The highest BCUT2D eigenvalue weighted by atomic mass is 35.5. The molecule has 0 unspecified atom stereocenters. The molecule has 2 rings (SSSR count). The Morgan fingerprint density at radius 1 is 1.33 bits per heavy atom. The Balaban J connectivity index is 2.43. The van der Waals surface area contributed by atoms with Gasteiger partial charge in [0, 0.05) is 6.20 Å². The molecule has 0 radical (unpaired) electrons. The number of nitro benzene ring substituents is 1. The summed E-state index contributed by atoms with van der Waals surface area (Å²) in [5.41, 5.74) is 0.396. The van der Waals surface area contributed by atoms with Gasteiger partial charge in [-0.15, -0.1) is 0 Å². The van der Waals surface area contributed by atoms with Gasteiger partial charge < -0.3 is 5.32 Å². The molecule has 1 heterocycles. The third-order valence-corrected chi connectivity index (χ3v) is 3.36. The number of carbonyl (C=O) groups excluding carboxylic acids is 1. The highest BCUT2D eigenvalue weighted by molar-refractivity contribution is 6.34. The van der Waals surface area contributed by atoms with Gasteiger partial charge in [0.2, 0.25) is 0 Å². The molecule has 0 bridgehead atoms. The van der Waals surface area contributed by atoms with Gasteiger partial charge >= 0.3 is 5.69 Å². The van der Waals surface area contributed by atoms with Crippen molar-refractivity contribution in [2.24, 2.45) is 0 Å². The maximum Gasteiger partial charge on any atom is 0.300 e. The van der Waals surface area contributed by atoms with Gasteiger partial charge in [0.05, 0.1) is 10.6 Å². The molecule has 0 saturated carbocycles. The number of aryl methyl sites for hydroxylation is 1. The molecule has 8 heteroatoms. The van der Waals surface area contributed by atoms with Crippen LogP contribution in [0.1, 0.15) is 15.9 Å². The standard InChI is InChI=1S/C13H9Cl2N3O3/c1-7-5-6-16-12(15)10(7)17-13(19)8-3-2-4-9(14)11(8)18(20)21/h2-6H,1H3,(H,17,19). The lowest BCUT2D eigenvalue weighted by Gasteiger charge is -2.10. The van der Waals surface area contributed by atoms with Crippen molar-refractivity contribution in [1.82, 2.24) is 4.98 Å². The van der Waals surface area contributed by atoms with Crippen molar-refractivity contribution in [1.29, 1.82) is 0 Å². The summed E-state index contributed by atoms with van der Waals surface area (Å²) in [6.45, 7) is 1.73. The lowest BCUT2D eigenvalue weighted by atomic mass is 10.1. The van der Waals surface area contributed by atoms with E-state index in [1.165, 1.54) is 24.4 Å². The van der Waals surface area contributed by atoms with E-state index in [2.05, 4.69) is 10.3 Å². The number of nitrogens with zero attached hydrogens (tertiary/aromatic N) is 2. The fourth-order valence-corrected chi connectivity index (χ4v) is 2.24. The molecular formula is C13H9Cl2N3O3. The minimum atomic E-state index is -0.699. The van der Waals surface area contributed by atoms with Gasteiger partial charge in [-0.2, -0.15) is 0 Å². The van der Waals surface area contributed by atoms with E-state index < -0.39 is 16.5 Å². The summed E-state index contributed by atoms with van der Waals surface area (Å²) in [7, 11) is 0. The quantitative estimate of drug-likeness (QED) is 0.527. The molecule has 0 spiro atoms. The maximum absolute atomic E-state index is 12.2. The van der Waals surface area contributed by atoms with E-state index in [0.717, 1.165) is 0 Å². The third kappa shape index (κ3) is 3.12. The van der Waals surface area contributed by atoms with Gasteiger partial charge in [-0.05, 0) is 30.7 Å². The van der Waals surface area contributed by atoms with E-state index in [-0.39, 0.29) is 15.7 Å². The van der Waals surface area contributed by atoms with Crippen molar-refractivity contribution >= 4 is 40.5 Å². The number of anilines is 1. The number of nitrogens with one attached hydrogen (secondary N) is 1. The molecule has 0 aliphatic rings. The van der Waals surface area contributed by atoms with Crippen molar-refractivity contribution in [3.8, 4) is 0 Å². The zero-order valence-corrected chi connectivity index (χ0v) is 12.3. The van der Waals surface area contributed by atoms with Crippen LogP contribution in [-0.2, 0) is 0 Å². The van der Waals surface area contributed by atoms with Crippen molar-refractivity contribution in [2.45, 2.75) is 6.92 Å². The van der Waals surface area contributed by atoms with Crippen LogP contribution >= 0.6 is 23.2 Å². The molecule has 0 atom stereocenters. The Kier molecular flexibility index (Phi) is 4.40. The Morgan fingerprint density at radius 2 is 2.05 bits per heavy atom. The van der Waals surface area contributed by atoms with Crippen LogP contribution in [0.15, 0.2) is 30.5 Å². The molecule has 2 aromatic rings. The molecule has 6 nitrogen and oxygen atoms in total. The SMILES string of the molecule is Cc1ccnc(Cl)c1NC(=O)c1cccc(Cl)c1[N+](=O)[O-]. The van der Waals surface area contributed by atoms with E-state index in [0.29, 0.717) is 11.3 Å². The Bertz CT molecular complexity index is 714. The van der Waals surface area contributed by atoms with Gasteiger partial charge in [-0.1, -0.05) is 29.3 Å². The molecule has 21 heavy (non-hydrogen) atoms. The topological polar surface area (TPSA) is 85.1 Å². The van der Waals surface area contributed by atoms with Crippen LogP contribution in [0, 0.1) is 17.0 Å². The van der Waals surface area contributed by atoms with E-state index in [9.17, 15) is 14.9 Å². The molecule has 108 valence electrons. The smallest absolute Gasteiger partial charge is 0.300 e. The average molecular weight is 326 g/mol. The average Bonchev–Trinajstić information content (AvgIpc) is 2.42. The number of para-hydroxylation sites is 1. The van der Waals surface area contributed by atoms with Crippen LogP contribution in [0.2, 0.25) is 10.2 Å². The molecule has 0 aliphatic heterocycles. The zero-order valence-electron chi connectivity index (χ0n) is 10.8. The lowest BCUT2D eigenvalue weighted by Crippen LogP contribution is -2.15. The van der Waals surface area contributed by atoms with Crippen LogP contribution in [0.4, 0.5) is 11.4 Å². The molecule has 1 aromatic carbocycles. The fourth-order valence-electron chi connectivity index (χ4n) is 1.74. The summed E-state index contributed by atoms with van der Waals surface area (Å²) >= 11 is 11.7. The molecule has 0 aliphatic carbocycles. The van der Waals surface area contributed by atoms with Gasteiger partial charge in [0.25, 0.3) is 5.91 Å². The first-order valence-corrected chi connectivity index (χ1v) is 6.52. The van der Waals surface area contributed by atoms with Crippen LogP contribution in [0.5, 0.6) is 0 Å². The minimum Gasteiger partial charge on any atom is -0.319 e. The largest absolute Gasteiger partial charge is 0.319 e. The van der Waals surface area contributed by atoms with Crippen molar-refractivity contribution in [3.05, 3.63) is 61.9 Å². The van der Waals surface area contributed by atoms with Crippen LogP contribution in [0.25, 0.3) is 0 Å². The highest BCUT2D eigenvalue weighted by Crippen LogP contribution is 2.30. The fraction of sp³-hybridized carbons (Fsp3) is 0.0769. The van der Waals surface area contributed by atoms with Crippen LogP contribution in [-0.4, -0.2) is 15.8 Å². The number of pyridine rings is 1. The molecule has 0 saturated heterocycles. The van der Waals surface area contributed by atoms with E-state index in [1.807, 2.05) is 0 Å². The molecule has 1 amide bonds. The lowest BCUT2D eigenvalue weighted by molar-refractivity contribution is -0.385. The van der Waals surface area contributed by atoms with E-state index in [1.54, 1.807) is 13.0 Å². The first kappa shape index (κ1) is 15.2. The van der Waals surface area contributed by atoms with E-state index in [4.69, 9.17) is 23.2 Å². The number of nitro groups is 1. The highest BCUT2D eigenvalue weighted by Gasteiger charge is 2.24. The predicted molar refractivity (Wildman–Crippen MR) is 80.0 cm³/mol. The number of rotatable bonds is 3. The normalized spacial score (nSPS) is 10.2. The number of halogens is 2. The summed E-state index contributed by atoms with van der Waals surface area (Å²) in [5, 5.41) is 13.6. The zero-order chi connectivity index (χ0) is 15.6. The first-order valence-electron chi connectivity index (χ1n) is 5.77. The number of hydrogen-bond donors (Lipinski definition) is 1. The number of benzene rings is 1. The summed E-state index contributed by atoms with van der Waals surface area (Å²) in [5.74, 6) is -0.679. The van der Waals surface area contributed by atoms with Crippen molar-refractivity contribution in [2.75, 3.05) is 5.32 Å². The summed E-state index contributed by atoms with van der Waals surface area (Å²) in [6, 6.07) is 5.79. The predicted octanol–water partition coefficient (Wildman–Crippen LogP) is 3.86. The van der Waals surface area contributed by atoms with E-state index >= 15 is 0 Å². The Hall–Kier alpha value is -2.18. The molecular weight excluding hydrogens is 317 g/mol. The summed E-state index contributed by atoms with van der Waals surface area (Å²) < 4.78 is 0. The second-order valence-electron chi connectivity index (χ2n) is 4.14. The van der Waals surface area contributed by atoms with Crippen LogP contribution in [0.3, 0.4) is 0 Å².